The van der Waals surface area contributed by atoms with Crippen LogP contribution < -0.4 is 5.73 Å². The summed E-state index contributed by atoms with van der Waals surface area (Å²) < 4.78 is 7.34. The average Bonchev–Trinajstić information content (AvgIpc) is 3.30. The molecule has 122 valence electrons. The SMILES string of the molecule is NC(=O)c1cnn(C2CCN(C(=O)c3cc4ccccc4o3)C2)c1. The summed E-state index contributed by atoms with van der Waals surface area (Å²) in [5.41, 5.74) is 6.32. The first kappa shape index (κ1) is 14.5. The molecule has 3 aromatic rings. The number of benzene rings is 1. The Morgan fingerprint density at radius 2 is 2.12 bits per heavy atom. The van der Waals surface area contributed by atoms with Crippen molar-refractivity contribution >= 4 is 22.8 Å². The summed E-state index contributed by atoms with van der Waals surface area (Å²) in [5, 5.41) is 5.09. The number of hydrogen-bond donors (Lipinski definition) is 1. The molecule has 3 heterocycles. The third-order valence-corrected chi connectivity index (χ3v) is 4.35. The van der Waals surface area contributed by atoms with Gasteiger partial charge in [0.05, 0.1) is 17.8 Å². The van der Waals surface area contributed by atoms with Crippen LogP contribution in [0.1, 0.15) is 33.4 Å². The van der Waals surface area contributed by atoms with E-state index in [1.165, 1.54) is 6.20 Å². The number of fused-ring (bicyclic) bond motifs is 1. The molecule has 0 aliphatic carbocycles. The van der Waals surface area contributed by atoms with E-state index >= 15 is 0 Å². The first-order valence-corrected chi connectivity index (χ1v) is 7.73. The largest absolute Gasteiger partial charge is 0.451 e. The van der Waals surface area contributed by atoms with Gasteiger partial charge < -0.3 is 15.1 Å². The van der Waals surface area contributed by atoms with Gasteiger partial charge in [-0.05, 0) is 18.6 Å². The van der Waals surface area contributed by atoms with Gasteiger partial charge in [0.15, 0.2) is 5.76 Å². The lowest BCUT2D eigenvalue weighted by Crippen LogP contribution is -2.28. The van der Waals surface area contributed by atoms with Crippen LogP contribution in [0.25, 0.3) is 11.0 Å². The fourth-order valence-corrected chi connectivity index (χ4v) is 3.05. The molecule has 7 nitrogen and oxygen atoms in total. The van der Waals surface area contributed by atoms with E-state index in [-0.39, 0.29) is 11.9 Å². The summed E-state index contributed by atoms with van der Waals surface area (Å²) in [6.45, 7) is 1.14. The second-order valence-corrected chi connectivity index (χ2v) is 5.92. The van der Waals surface area contributed by atoms with Crippen LogP contribution in [0, 0.1) is 0 Å². The lowest BCUT2D eigenvalue weighted by Gasteiger charge is -2.15. The molecule has 1 aliphatic rings. The van der Waals surface area contributed by atoms with Gasteiger partial charge in [-0.1, -0.05) is 18.2 Å². The Morgan fingerprint density at radius 3 is 2.88 bits per heavy atom. The van der Waals surface area contributed by atoms with Gasteiger partial charge in [0.2, 0.25) is 0 Å². The molecular formula is C17H16N4O3. The predicted molar refractivity (Wildman–Crippen MR) is 86.5 cm³/mol. The Hall–Kier alpha value is -3.09. The Kier molecular flexibility index (Phi) is 3.34. The molecule has 1 fully saturated rings. The van der Waals surface area contributed by atoms with Crippen LogP contribution >= 0.6 is 0 Å². The Balaban J connectivity index is 1.51. The zero-order valence-corrected chi connectivity index (χ0v) is 12.9. The monoisotopic (exact) mass is 324 g/mol. The van der Waals surface area contributed by atoms with Gasteiger partial charge >= 0.3 is 0 Å². The van der Waals surface area contributed by atoms with E-state index in [0.717, 1.165) is 11.8 Å². The van der Waals surface area contributed by atoms with Gasteiger partial charge in [-0.25, -0.2) is 0 Å². The van der Waals surface area contributed by atoms with Crippen molar-refractivity contribution in [1.82, 2.24) is 14.7 Å². The highest BCUT2D eigenvalue weighted by Crippen LogP contribution is 2.25. The number of hydrogen-bond acceptors (Lipinski definition) is 4. The number of primary amides is 1. The normalized spacial score (nSPS) is 17.5. The summed E-state index contributed by atoms with van der Waals surface area (Å²) in [5.74, 6) is -0.291. The topological polar surface area (TPSA) is 94.4 Å². The molecule has 0 saturated carbocycles. The number of carbonyl (C=O) groups is 2. The zero-order chi connectivity index (χ0) is 16.7. The lowest BCUT2D eigenvalue weighted by atomic mass is 10.2. The molecule has 0 spiro atoms. The van der Waals surface area contributed by atoms with E-state index in [1.807, 2.05) is 24.3 Å². The van der Waals surface area contributed by atoms with Gasteiger partial charge in [0.25, 0.3) is 11.8 Å². The smallest absolute Gasteiger partial charge is 0.289 e. The number of furan rings is 1. The van der Waals surface area contributed by atoms with Crippen LogP contribution in [-0.2, 0) is 0 Å². The average molecular weight is 324 g/mol. The fourth-order valence-electron chi connectivity index (χ4n) is 3.05. The first-order chi connectivity index (χ1) is 11.6. The first-order valence-electron chi connectivity index (χ1n) is 7.73. The number of rotatable bonds is 3. The van der Waals surface area contributed by atoms with Crippen molar-refractivity contribution < 1.29 is 14.0 Å². The molecule has 1 aromatic carbocycles. The molecule has 2 amide bonds. The number of para-hydroxylation sites is 1. The molecule has 1 aliphatic heterocycles. The van der Waals surface area contributed by atoms with Crippen molar-refractivity contribution in [3.8, 4) is 0 Å². The lowest BCUT2D eigenvalue weighted by molar-refractivity contribution is 0.0757. The zero-order valence-electron chi connectivity index (χ0n) is 12.9. The number of aromatic nitrogens is 2. The van der Waals surface area contributed by atoms with Gasteiger partial charge in [0.1, 0.15) is 5.58 Å². The summed E-state index contributed by atoms with van der Waals surface area (Å²) in [4.78, 5) is 25.5. The third kappa shape index (κ3) is 2.44. The van der Waals surface area contributed by atoms with Gasteiger partial charge in [-0.3, -0.25) is 14.3 Å². The van der Waals surface area contributed by atoms with Crippen molar-refractivity contribution in [2.75, 3.05) is 13.1 Å². The van der Waals surface area contributed by atoms with E-state index in [0.29, 0.717) is 30.0 Å². The van der Waals surface area contributed by atoms with Crippen molar-refractivity contribution in [3.05, 3.63) is 54.0 Å². The number of likely N-dealkylation sites (tertiary alicyclic amines) is 1. The van der Waals surface area contributed by atoms with Gasteiger partial charge in [-0.2, -0.15) is 5.10 Å². The molecule has 7 heteroatoms. The van der Waals surface area contributed by atoms with E-state index < -0.39 is 5.91 Å². The number of nitrogens with two attached hydrogens (primary N) is 1. The minimum atomic E-state index is -0.505. The minimum absolute atomic E-state index is 0.0337. The fraction of sp³-hybridized carbons (Fsp3) is 0.235. The predicted octanol–water partition coefficient (Wildman–Crippen LogP) is 1.82. The van der Waals surface area contributed by atoms with E-state index in [2.05, 4.69) is 5.10 Å². The molecule has 24 heavy (non-hydrogen) atoms. The number of nitrogens with zero attached hydrogens (tertiary/aromatic N) is 3. The van der Waals surface area contributed by atoms with Crippen LogP contribution in [0.4, 0.5) is 0 Å². The molecule has 4 rings (SSSR count). The molecule has 2 N–H and O–H groups in total. The Labute approximate surface area is 137 Å². The summed E-state index contributed by atoms with van der Waals surface area (Å²) >= 11 is 0. The van der Waals surface area contributed by atoms with Crippen molar-refractivity contribution in [1.29, 1.82) is 0 Å². The van der Waals surface area contributed by atoms with Gasteiger partial charge in [-0.15, -0.1) is 0 Å². The van der Waals surface area contributed by atoms with Crippen LogP contribution in [-0.4, -0.2) is 39.6 Å². The Morgan fingerprint density at radius 1 is 1.29 bits per heavy atom. The van der Waals surface area contributed by atoms with Crippen molar-refractivity contribution in [2.24, 2.45) is 5.73 Å². The molecule has 2 aromatic heterocycles. The molecule has 1 unspecified atom stereocenters. The van der Waals surface area contributed by atoms with Crippen LogP contribution in [0.5, 0.6) is 0 Å². The number of carbonyl (C=O) groups excluding carboxylic acids is 2. The van der Waals surface area contributed by atoms with E-state index in [4.69, 9.17) is 10.2 Å². The molecule has 1 atom stereocenters. The van der Waals surface area contributed by atoms with Crippen molar-refractivity contribution in [2.45, 2.75) is 12.5 Å². The maximum Gasteiger partial charge on any atom is 0.289 e. The second-order valence-electron chi connectivity index (χ2n) is 5.92. The van der Waals surface area contributed by atoms with E-state index in [1.54, 1.807) is 21.8 Å². The Bertz CT molecular complexity index is 894. The van der Waals surface area contributed by atoms with Crippen LogP contribution in [0.2, 0.25) is 0 Å². The summed E-state index contributed by atoms with van der Waals surface area (Å²) in [7, 11) is 0. The van der Waals surface area contributed by atoms with Crippen molar-refractivity contribution in [3.63, 3.8) is 0 Å². The molecule has 0 bridgehead atoms. The highest BCUT2D eigenvalue weighted by atomic mass is 16.3. The number of amides is 2. The molecule has 1 saturated heterocycles. The summed E-state index contributed by atoms with van der Waals surface area (Å²) in [6, 6.07) is 9.34. The quantitative estimate of drug-likeness (QED) is 0.795. The summed E-state index contributed by atoms with van der Waals surface area (Å²) in [6.07, 6.45) is 3.85. The van der Waals surface area contributed by atoms with Crippen LogP contribution in [0.15, 0.2) is 47.1 Å². The molecular weight excluding hydrogens is 308 g/mol. The van der Waals surface area contributed by atoms with Gasteiger partial charge in [0, 0.05) is 24.7 Å². The maximum absolute atomic E-state index is 12.6. The highest BCUT2D eigenvalue weighted by molar-refractivity contribution is 5.96. The van der Waals surface area contributed by atoms with E-state index in [9.17, 15) is 9.59 Å². The van der Waals surface area contributed by atoms with Crippen LogP contribution in [0.3, 0.4) is 0 Å². The minimum Gasteiger partial charge on any atom is -0.451 e. The standard InChI is InChI=1S/C17H16N4O3/c18-16(22)12-8-19-21(9-12)13-5-6-20(10-13)17(23)15-7-11-3-1-2-4-14(11)24-15/h1-4,7-9,13H,5-6,10H2,(H2,18,22). The third-order valence-electron chi connectivity index (χ3n) is 4.35. The maximum atomic E-state index is 12.6. The molecule has 0 radical (unpaired) electrons. The highest BCUT2D eigenvalue weighted by Gasteiger charge is 2.30. The second kappa shape index (κ2) is 5.52.